The molecule has 0 amide bonds. The molecule has 2 aromatic carbocycles. The first kappa shape index (κ1) is 23.7. The molecule has 1 N–H and O–H groups in total. The highest BCUT2D eigenvalue weighted by atomic mass is 32.2. The lowest BCUT2D eigenvalue weighted by molar-refractivity contribution is -0.138. The van der Waals surface area contributed by atoms with Crippen LogP contribution in [0.2, 0.25) is 0 Å². The van der Waals surface area contributed by atoms with Crippen molar-refractivity contribution in [2.24, 2.45) is 0 Å². The van der Waals surface area contributed by atoms with E-state index in [1.807, 2.05) is 19.9 Å². The van der Waals surface area contributed by atoms with Crippen LogP contribution in [0.5, 0.6) is 0 Å². The largest absolute Gasteiger partial charge is 0.481 e. The summed E-state index contributed by atoms with van der Waals surface area (Å²) in [6.07, 6.45) is -3.87. The maximum Gasteiger partial charge on any atom is 0.416 e. The highest BCUT2D eigenvalue weighted by Crippen LogP contribution is 2.37. The van der Waals surface area contributed by atoms with E-state index >= 15 is 0 Å². The number of alkyl halides is 3. The van der Waals surface area contributed by atoms with Gasteiger partial charge >= 0.3 is 12.1 Å². The van der Waals surface area contributed by atoms with Crippen molar-refractivity contribution in [2.75, 3.05) is 0 Å². The Labute approximate surface area is 200 Å². The second kappa shape index (κ2) is 9.44. The van der Waals surface area contributed by atoms with Gasteiger partial charge in [-0.3, -0.25) is 4.79 Å². The number of nitrogens with zero attached hydrogens (tertiary/aromatic N) is 2. The molecule has 0 aliphatic rings. The van der Waals surface area contributed by atoms with E-state index in [4.69, 9.17) is 5.11 Å². The van der Waals surface area contributed by atoms with Crippen molar-refractivity contribution in [1.29, 1.82) is 0 Å². The van der Waals surface area contributed by atoms with E-state index in [1.54, 1.807) is 11.8 Å². The summed E-state index contributed by atoms with van der Waals surface area (Å²) in [4.78, 5) is 22.1. The van der Waals surface area contributed by atoms with E-state index in [1.165, 1.54) is 34.8 Å². The van der Waals surface area contributed by atoms with Crippen LogP contribution in [0.1, 0.15) is 33.1 Å². The fourth-order valence-corrected chi connectivity index (χ4v) is 6.50. The highest BCUT2D eigenvalue weighted by molar-refractivity contribution is 7.98. The Balaban J connectivity index is 1.49. The Kier molecular flexibility index (Phi) is 6.78. The van der Waals surface area contributed by atoms with Crippen molar-refractivity contribution < 1.29 is 23.1 Å². The molecule has 0 saturated heterocycles. The number of carboxylic acid groups (broad SMARTS) is 1. The molecule has 0 unspecified atom stereocenters. The van der Waals surface area contributed by atoms with Gasteiger partial charge in [-0.2, -0.15) is 13.2 Å². The van der Waals surface area contributed by atoms with E-state index in [-0.39, 0.29) is 6.42 Å². The third-order valence-electron chi connectivity index (χ3n) is 4.97. The standard InChI is InChI=1S/C23H19F3N2O2S3/c1-12-9-16(10-17-21(12)33-19(28-17)7-8-20(29)30)31-11-18-13(2)27-22(32-18)14-3-5-15(6-4-14)23(24,25)26/h3-6,9-10H,7-8,11H2,1-2H3,(H,29,30). The van der Waals surface area contributed by atoms with Crippen LogP contribution in [0.3, 0.4) is 0 Å². The minimum atomic E-state index is -4.35. The number of halogens is 3. The van der Waals surface area contributed by atoms with Crippen LogP contribution in [0.25, 0.3) is 20.8 Å². The Bertz CT molecular complexity index is 1310. The van der Waals surface area contributed by atoms with E-state index in [0.29, 0.717) is 22.7 Å². The van der Waals surface area contributed by atoms with Crippen LogP contribution in [0.15, 0.2) is 41.3 Å². The topological polar surface area (TPSA) is 63.1 Å². The molecule has 4 nitrogen and oxygen atoms in total. The first-order chi connectivity index (χ1) is 15.6. The normalized spacial score (nSPS) is 11.9. The molecule has 0 aliphatic heterocycles. The lowest BCUT2D eigenvalue weighted by Crippen LogP contribution is -2.03. The zero-order valence-electron chi connectivity index (χ0n) is 17.7. The van der Waals surface area contributed by atoms with Crippen LogP contribution >= 0.6 is 34.4 Å². The zero-order chi connectivity index (χ0) is 23.8. The summed E-state index contributed by atoms with van der Waals surface area (Å²) < 4.78 is 39.5. The Morgan fingerprint density at radius 2 is 1.82 bits per heavy atom. The highest BCUT2D eigenvalue weighted by Gasteiger charge is 2.30. The van der Waals surface area contributed by atoms with E-state index < -0.39 is 17.7 Å². The number of hydrogen-bond acceptors (Lipinski definition) is 6. The number of carboxylic acids is 1. The molecular weight excluding hydrogens is 489 g/mol. The first-order valence-corrected chi connectivity index (χ1v) is 12.6. The summed E-state index contributed by atoms with van der Waals surface area (Å²) in [6.45, 7) is 3.93. The number of aryl methyl sites for hydroxylation is 3. The second-order valence-electron chi connectivity index (χ2n) is 7.48. The number of thiazole rings is 2. The molecule has 172 valence electrons. The van der Waals surface area contributed by atoms with Crippen molar-refractivity contribution in [1.82, 2.24) is 9.97 Å². The molecule has 10 heteroatoms. The maximum atomic E-state index is 12.8. The third-order valence-corrected chi connectivity index (χ3v) is 8.63. The number of hydrogen-bond donors (Lipinski definition) is 1. The summed E-state index contributed by atoms with van der Waals surface area (Å²) in [5.74, 6) is -0.150. The number of benzene rings is 2. The summed E-state index contributed by atoms with van der Waals surface area (Å²) in [7, 11) is 0. The monoisotopic (exact) mass is 508 g/mol. The molecule has 2 heterocycles. The van der Waals surface area contributed by atoms with Crippen LogP contribution in [0.4, 0.5) is 13.2 Å². The quantitative estimate of drug-likeness (QED) is 0.264. The molecule has 0 bridgehead atoms. The Morgan fingerprint density at radius 3 is 2.48 bits per heavy atom. The van der Waals surface area contributed by atoms with Crippen LogP contribution in [0, 0.1) is 13.8 Å². The number of thioether (sulfide) groups is 1. The van der Waals surface area contributed by atoms with Gasteiger partial charge in [0.1, 0.15) is 5.01 Å². The smallest absolute Gasteiger partial charge is 0.416 e. The van der Waals surface area contributed by atoms with Gasteiger partial charge in [-0.05, 0) is 43.7 Å². The fraction of sp³-hybridized carbons (Fsp3) is 0.261. The molecule has 0 radical (unpaired) electrons. The van der Waals surface area contributed by atoms with Gasteiger partial charge in [0.2, 0.25) is 0 Å². The van der Waals surface area contributed by atoms with Gasteiger partial charge in [0, 0.05) is 27.5 Å². The SMILES string of the molecule is Cc1nc(-c2ccc(C(F)(F)F)cc2)sc1CSc1cc(C)c2sc(CCC(=O)O)nc2c1. The molecule has 4 rings (SSSR count). The van der Waals surface area contributed by atoms with Gasteiger partial charge in [-0.1, -0.05) is 12.1 Å². The molecule has 33 heavy (non-hydrogen) atoms. The lowest BCUT2D eigenvalue weighted by atomic mass is 10.1. The van der Waals surface area contributed by atoms with Gasteiger partial charge in [0.15, 0.2) is 0 Å². The average Bonchev–Trinajstić information content (AvgIpc) is 3.33. The van der Waals surface area contributed by atoms with Gasteiger partial charge in [0.05, 0.1) is 32.9 Å². The van der Waals surface area contributed by atoms with Crippen LogP contribution in [-0.4, -0.2) is 21.0 Å². The Hall–Kier alpha value is -2.43. The van der Waals surface area contributed by atoms with E-state index in [9.17, 15) is 18.0 Å². The molecule has 0 aliphatic carbocycles. The van der Waals surface area contributed by atoms with Crippen LogP contribution in [-0.2, 0) is 23.1 Å². The van der Waals surface area contributed by atoms with Gasteiger partial charge in [-0.15, -0.1) is 34.4 Å². The zero-order valence-corrected chi connectivity index (χ0v) is 20.1. The number of fused-ring (bicyclic) bond motifs is 1. The number of aliphatic carboxylic acids is 1. The predicted molar refractivity (Wildman–Crippen MR) is 127 cm³/mol. The molecule has 0 fully saturated rings. The van der Waals surface area contributed by atoms with Crippen molar-refractivity contribution in [3.05, 3.63) is 63.1 Å². The van der Waals surface area contributed by atoms with Crippen molar-refractivity contribution in [3.8, 4) is 10.6 Å². The summed E-state index contributed by atoms with van der Waals surface area (Å²) in [5.41, 5.74) is 2.83. The number of aromatic nitrogens is 2. The molecule has 2 aromatic heterocycles. The van der Waals surface area contributed by atoms with Crippen molar-refractivity contribution in [2.45, 2.75) is 43.5 Å². The average molecular weight is 509 g/mol. The fourth-order valence-electron chi connectivity index (χ4n) is 3.25. The van der Waals surface area contributed by atoms with Gasteiger partial charge in [-0.25, -0.2) is 9.97 Å². The minimum Gasteiger partial charge on any atom is -0.481 e. The molecule has 0 atom stereocenters. The first-order valence-electron chi connectivity index (χ1n) is 9.99. The number of rotatable bonds is 7. The molecular formula is C23H19F3N2O2S3. The minimum absolute atomic E-state index is 0.0619. The van der Waals surface area contributed by atoms with Gasteiger partial charge in [0.25, 0.3) is 0 Å². The van der Waals surface area contributed by atoms with Crippen molar-refractivity contribution >= 4 is 50.6 Å². The lowest BCUT2D eigenvalue weighted by Gasteiger charge is -2.06. The maximum absolute atomic E-state index is 12.8. The Morgan fingerprint density at radius 1 is 1.09 bits per heavy atom. The molecule has 0 spiro atoms. The molecule has 4 aromatic rings. The summed E-state index contributed by atoms with van der Waals surface area (Å²) in [5, 5.41) is 10.4. The second-order valence-corrected chi connectivity index (χ2v) is 10.7. The van der Waals surface area contributed by atoms with Gasteiger partial charge < -0.3 is 5.11 Å². The predicted octanol–water partition coefficient (Wildman–Crippen LogP) is 7.36. The molecule has 0 saturated carbocycles. The van der Waals surface area contributed by atoms with E-state index in [2.05, 4.69) is 16.0 Å². The van der Waals surface area contributed by atoms with Crippen molar-refractivity contribution in [3.63, 3.8) is 0 Å². The third kappa shape index (κ3) is 5.56. The summed E-state index contributed by atoms with van der Waals surface area (Å²) in [6, 6.07) is 9.19. The van der Waals surface area contributed by atoms with Crippen LogP contribution < -0.4 is 0 Å². The summed E-state index contributed by atoms with van der Waals surface area (Å²) >= 11 is 4.67. The van der Waals surface area contributed by atoms with E-state index in [0.717, 1.165) is 48.4 Å². The number of carbonyl (C=O) groups is 1.